The highest BCUT2D eigenvalue weighted by Gasteiger charge is 2.25. The van der Waals surface area contributed by atoms with Crippen LogP contribution in [0, 0.1) is 3.14 Å². The number of fused-ring (bicyclic) bond motifs is 1. The molecule has 0 N–H and O–H groups in total. The van der Waals surface area contributed by atoms with Crippen molar-refractivity contribution in [2.24, 2.45) is 0 Å². The van der Waals surface area contributed by atoms with Gasteiger partial charge in [0.05, 0.1) is 13.0 Å². The molecule has 16 heavy (non-hydrogen) atoms. The first kappa shape index (κ1) is 13.4. The lowest BCUT2D eigenvalue weighted by molar-refractivity contribution is 0.622. The Labute approximate surface area is 119 Å². The second-order valence-corrected chi connectivity index (χ2v) is 10.4. The molecule has 90 valence electrons. The van der Waals surface area contributed by atoms with Crippen LogP contribution in [0.4, 0.5) is 0 Å². The molecule has 2 heterocycles. The lowest BCUT2D eigenvalue weighted by Gasteiger charge is -2.06. The van der Waals surface area contributed by atoms with E-state index in [4.69, 9.17) is 12.2 Å². The first-order valence-corrected chi connectivity index (χ1v) is 9.57. The van der Waals surface area contributed by atoms with Crippen molar-refractivity contribution in [1.82, 2.24) is 0 Å². The molecule has 0 nitrogen and oxygen atoms in total. The summed E-state index contributed by atoms with van der Waals surface area (Å²) in [6.45, 7) is 2.27. The summed E-state index contributed by atoms with van der Waals surface area (Å²) in [4.78, 5) is 0. The maximum absolute atomic E-state index is 5.20. The van der Waals surface area contributed by atoms with E-state index in [0.29, 0.717) is 0 Å². The zero-order valence-electron chi connectivity index (χ0n) is 9.36. The number of hydrogen-bond donors (Lipinski definition) is 0. The molecule has 0 amide bonds. The maximum Gasteiger partial charge on any atom is 0.145 e. The molecule has 1 aromatic rings. The van der Waals surface area contributed by atoms with Crippen molar-refractivity contribution in [2.75, 3.05) is 0 Å². The van der Waals surface area contributed by atoms with Crippen LogP contribution in [0.15, 0.2) is 8.42 Å². The first-order valence-electron chi connectivity index (χ1n) is 5.77. The summed E-state index contributed by atoms with van der Waals surface area (Å²) in [6.07, 6.45) is 8.33. The van der Waals surface area contributed by atoms with Gasteiger partial charge in [0.25, 0.3) is 0 Å². The standard InChI is InChI=1S/C11H16S5/c1-2-3-4-5-6-7-8-13-9-10(14-8)16-11(12)15-9/h8H,2-7H2,1H3. The largest absolute Gasteiger partial charge is 0.145 e. The summed E-state index contributed by atoms with van der Waals surface area (Å²) in [5.74, 6) is 0. The van der Waals surface area contributed by atoms with E-state index in [-0.39, 0.29) is 0 Å². The van der Waals surface area contributed by atoms with Gasteiger partial charge in [-0.2, -0.15) is 0 Å². The monoisotopic (exact) mass is 308 g/mol. The van der Waals surface area contributed by atoms with Gasteiger partial charge in [0, 0.05) is 0 Å². The first-order chi connectivity index (χ1) is 7.79. The van der Waals surface area contributed by atoms with Gasteiger partial charge in [0.15, 0.2) is 0 Å². The zero-order chi connectivity index (χ0) is 11.4. The van der Waals surface area contributed by atoms with Crippen molar-refractivity contribution in [2.45, 2.75) is 58.4 Å². The third-order valence-corrected chi connectivity index (χ3v) is 8.66. The summed E-state index contributed by atoms with van der Waals surface area (Å²) < 4.78 is 4.83. The third-order valence-electron chi connectivity index (χ3n) is 2.54. The number of hydrogen-bond acceptors (Lipinski definition) is 5. The Morgan fingerprint density at radius 2 is 1.62 bits per heavy atom. The lowest BCUT2D eigenvalue weighted by atomic mass is 10.1. The van der Waals surface area contributed by atoms with E-state index in [1.165, 1.54) is 46.9 Å². The number of thioether (sulfide) groups is 2. The molecule has 0 aliphatic carbocycles. The quantitative estimate of drug-likeness (QED) is 0.439. The average molecular weight is 309 g/mol. The van der Waals surface area contributed by atoms with Crippen LogP contribution in [0.25, 0.3) is 0 Å². The maximum atomic E-state index is 5.20. The average Bonchev–Trinajstić information content (AvgIpc) is 2.74. The molecule has 0 fully saturated rings. The van der Waals surface area contributed by atoms with Gasteiger partial charge in [0.2, 0.25) is 0 Å². The van der Waals surface area contributed by atoms with Gasteiger partial charge in [-0.15, -0.1) is 22.7 Å². The Hall–Kier alpha value is 0.970. The van der Waals surface area contributed by atoms with E-state index in [2.05, 4.69) is 6.92 Å². The molecule has 1 aromatic heterocycles. The summed E-state index contributed by atoms with van der Waals surface area (Å²) >= 11 is 12.9. The highest BCUT2D eigenvalue weighted by molar-refractivity contribution is 8.21. The number of unbranched alkanes of at least 4 members (excludes halogenated alkanes) is 4. The Bertz CT molecular complexity index is 351. The van der Waals surface area contributed by atoms with E-state index >= 15 is 0 Å². The number of rotatable bonds is 6. The molecule has 0 aromatic carbocycles. The molecule has 0 atom stereocenters. The van der Waals surface area contributed by atoms with Crippen molar-refractivity contribution < 1.29 is 0 Å². The van der Waals surface area contributed by atoms with Crippen LogP contribution in [0.1, 0.15) is 45.4 Å². The molecule has 2 rings (SSSR count). The van der Waals surface area contributed by atoms with Crippen LogP contribution in [0.3, 0.4) is 0 Å². The smallest absolute Gasteiger partial charge is 0.105 e. The minimum absolute atomic E-state index is 0.773. The molecule has 0 saturated heterocycles. The zero-order valence-corrected chi connectivity index (χ0v) is 13.4. The van der Waals surface area contributed by atoms with Gasteiger partial charge in [-0.05, 0) is 6.42 Å². The van der Waals surface area contributed by atoms with Crippen LogP contribution in [0.2, 0.25) is 0 Å². The Balaban J connectivity index is 1.67. The minimum Gasteiger partial charge on any atom is -0.105 e. The van der Waals surface area contributed by atoms with Crippen LogP contribution >= 0.6 is 58.4 Å². The molecule has 5 heteroatoms. The summed E-state index contributed by atoms with van der Waals surface area (Å²) in [6, 6.07) is 0. The van der Waals surface area contributed by atoms with Gasteiger partial charge < -0.3 is 0 Å². The molecule has 1 aliphatic rings. The van der Waals surface area contributed by atoms with E-state index in [1.807, 2.05) is 23.5 Å². The molecule has 0 radical (unpaired) electrons. The molecular weight excluding hydrogens is 292 g/mol. The van der Waals surface area contributed by atoms with Crippen LogP contribution < -0.4 is 0 Å². The van der Waals surface area contributed by atoms with E-state index in [1.54, 1.807) is 22.7 Å². The van der Waals surface area contributed by atoms with Crippen molar-refractivity contribution in [3.63, 3.8) is 0 Å². The summed E-state index contributed by atoms with van der Waals surface area (Å²) in [5.41, 5.74) is 0. The van der Waals surface area contributed by atoms with Gasteiger partial charge in [0.1, 0.15) is 3.14 Å². The van der Waals surface area contributed by atoms with Gasteiger partial charge >= 0.3 is 0 Å². The van der Waals surface area contributed by atoms with Crippen LogP contribution in [-0.4, -0.2) is 4.58 Å². The topological polar surface area (TPSA) is 0 Å². The fourth-order valence-electron chi connectivity index (χ4n) is 1.70. The summed E-state index contributed by atoms with van der Waals surface area (Å²) in [5, 5.41) is 0. The van der Waals surface area contributed by atoms with Crippen molar-refractivity contribution in [3.05, 3.63) is 3.14 Å². The van der Waals surface area contributed by atoms with E-state index < -0.39 is 0 Å². The molecule has 1 aliphatic heterocycles. The summed E-state index contributed by atoms with van der Waals surface area (Å²) in [7, 11) is 0. The van der Waals surface area contributed by atoms with Crippen LogP contribution in [-0.2, 0) is 0 Å². The normalized spacial score (nSPS) is 15.6. The fourth-order valence-corrected chi connectivity index (χ4v) is 9.00. The highest BCUT2D eigenvalue weighted by atomic mass is 32.2. The SMILES string of the molecule is CCCCCCCC1Sc2sc(=S)sc2S1. The second-order valence-electron chi connectivity index (χ2n) is 3.90. The highest BCUT2D eigenvalue weighted by Crippen LogP contribution is 2.54. The third kappa shape index (κ3) is 3.73. The van der Waals surface area contributed by atoms with E-state index in [9.17, 15) is 0 Å². The fraction of sp³-hybridized carbons (Fsp3) is 0.727. The van der Waals surface area contributed by atoms with E-state index in [0.717, 1.165) is 7.72 Å². The van der Waals surface area contributed by atoms with Gasteiger partial charge in [-0.1, -0.05) is 74.8 Å². The predicted molar refractivity (Wildman–Crippen MR) is 81.9 cm³/mol. The second kappa shape index (κ2) is 6.78. The molecule has 0 unspecified atom stereocenters. The molecular formula is C11H16S5. The molecule has 0 spiro atoms. The lowest BCUT2D eigenvalue weighted by Crippen LogP contribution is -1.91. The Morgan fingerprint density at radius 3 is 2.25 bits per heavy atom. The Kier molecular flexibility index (Phi) is 5.68. The van der Waals surface area contributed by atoms with Gasteiger partial charge in [-0.25, -0.2) is 0 Å². The van der Waals surface area contributed by atoms with Crippen molar-refractivity contribution >= 4 is 58.4 Å². The predicted octanol–water partition coefficient (Wildman–Crippen LogP) is 6.42. The minimum atomic E-state index is 0.773. The molecule has 0 saturated carbocycles. The molecule has 0 bridgehead atoms. The van der Waals surface area contributed by atoms with Crippen molar-refractivity contribution in [3.8, 4) is 0 Å². The van der Waals surface area contributed by atoms with Crippen LogP contribution in [0.5, 0.6) is 0 Å². The van der Waals surface area contributed by atoms with Gasteiger partial charge in [-0.3, -0.25) is 0 Å². The Morgan fingerprint density at radius 1 is 1.00 bits per heavy atom. The van der Waals surface area contributed by atoms with Crippen molar-refractivity contribution in [1.29, 1.82) is 0 Å².